The van der Waals surface area contributed by atoms with Gasteiger partial charge in [-0.3, -0.25) is 0 Å². The zero-order chi connectivity index (χ0) is 18.7. The fourth-order valence-corrected chi connectivity index (χ4v) is 3.55. The van der Waals surface area contributed by atoms with Gasteiger partial charge < -0.3 is 20.3 Å². The molecule has 26 heavy (non-hydrogen) atoms. The third kappa shape index (κ3) is 5.02. The van der Waals surface area contributed by atoms with Gasteiger partial charge in [-0.15, -0.1) is 11.3 Å². The summed E-state index contributed by atoms with van der Waals surface area (Å²) in [7, 11) is 0. The molecule has 1 aliphatic heterocycles. The number of rotatable bonds is 3. The van der Waals surface area contributed by atoms with Crippen LogP contribution in [-0.2, 0) is 17.8 Å². The van der Waals surface area contributed by atoms with Crippen LogP contribution in [0.3, 0.4) is 0 Å². The summed E-state index contributed by atoms with van der Waals surface area (Å²) >= 11 is 7.33. The number of ether oxygens (including phenoxy) is 1. The van der Waals surface area contributed by atoms with Crippen molar-refractivity contribution in [2.24, 2.45) is 0 Å². The molecular weight excluding hydrogens is 372 g/mol. The highest BCUT2D eigenvalue weighted by molar-refractivity contribution is 7.15. The van der Waals surface area contributed by atoms with E-state index in [1.54, 1.807) is 11.1 Å². The highest BCUT2D eigenvalue weighted by Crippen LogP contribution is 2.26. The molecule has 0 atom stereocenters. The number of amides is 1. The van der Waals surface area contributed by atoms with E-state index in [9.17, 15) is 4.79 Å². The minimum absolute atomic E-state index is 0.281. The number of fused-ring (bicyclic) bond motifs is 1. The Morgan fingerprint density at radius 3 is 2.96 bits per heavy atom. The molecule has 1 aromatic heterocycles. The van der Waals surface area contributed by atoms with Crippen molar-refractivity contribution in [1.82, 2.24) is 9.88 Å². The van der Waals surface area contributed by atoms with Gasteiger partial charge in [0.05, 0.1) is 13.1 Å². The zero-order valence-corrected chi connectivity index (χ0v) is 16.7. The van der Waals surface area contributed by atoms with E-state index in [2.05, 4.69) is 21.7 Å². The highest BCUT2D eigenvalue weighted by Gasteiger charge is 2.24. The van der Waals surface area contributed by atoms with Gasteiger partial charge in [-0.05, 0) is 38.5 Å². The third-order valence-electron chi connectivity index (χ3n) is 3.81. The molecule has 0 radical (unpaired) electrons. The fourth-order valence-electron chi connectivity index (χ4n) is 2.64. The molecule has 2 N–H and O–H groups in total. The number of hydrogen-bond acceptors (Lipinski definition) is 6. The maximum Gasteiger partial charge on any atom is 0.410 e. The van der Waals surface area contributed by atoms with Crippen LogP contribution in [-0.4, -0.2) is 34.7 Å². The number of anilines is 2. The van der Waals surface area contributed by atoms with Crippen LogP contribution in [0.4, 0.5) is 16.2 Å². The monoisotopic (exact) mass is 394 g/mol. The van der Waals surface area contributed by atoms with E-state index in [4.69, 9.17) is 16.3 Å². The van der Waals surface area contributed by atoms with Crippen molar-refractivity contribution in [2.75, 3.05) is 23.7 Å². The number of thiazole rings is 1. The number of aromatic nitrogens is 1. The van der Waals surface area contributed by atoms with Gasteiger partial charge in [0.15, 0.2) is 4.47 Å². The van der Waals surface area contributed by atoms with Crippen molar-refractivity contribution in [2.45, 2.75) is 39.5 Å². The predicted molar refractivity (Wildman–Crippen MR) is 106 cm³/mol. The first-order valence-corrected chi connectivity index (χ1v) is 9.68. The van der Waals surface area contributed by atoms with E-state index in [1.165, 1.54) is 11.3 Å². The van der Waals surface area contributed by atoms with Crippen LogP contribution in [0.15, 0.2) is 24.4 Å². The van der Waals surface area contributed by atoms with Crippen molar-refractivity contribution < 1.29 is 9.53 Å². The molecule has 0 bridgehead atoms. The van der Waals surface area contributed by atoms with Crippen molar-refractivity contribution in [3.05, 3.63) is 39.3 Å². The van der Waals surface area contributed by atoms with Gasteiger partial charge in [0.25, 0.3) is 0 Å². The lowest BCUT2D eigenvalue weighted by Crippen LogP contribution is -2.37. The average molecular weight is 395 g/mol. The number of carbonyl (C=O) groups is 1. The van der Waals surface area contributed by atoms with Gasteiger partial charge in [0.1, 0.15) is 5.60 Å². The number of hydrogen-bond donors (Lipinski definition) is 2. The molecule has 0 aliphatic carbocycles. The molecule has 6 nitrogen and oxygen atoms in total. The maximum atomic E-state index is 12.4. The largest absolute Gasteiger partial charge is 0.444 e. The topological polar surface area (TPSA) is 66.5 Å². The molecule has 1 aromatic carbocycles. The van der Waals surface area contributed by atoms with Crippen LogP contribution in [0.25, 0.3) is 0 Å². The average Bonchev–Trinajstić information content (AvgIpc) is 2.85. The molecule has 1 aliphatic rings. The summed E-state index contributed by atoms with van der Waals surface area (Å²) in [5.74, 6) is 0. The minimum atomic E-state index is -0.493. The Bertz CT molecular complexity index is 788. The second-order valence-electron chi connectivity index (χ2n) is 7.13. The molecule has 8 heteroatoms. The summed E-state index contributed by atoms with van der Waals surface area (Å²) in [6.07, 6.45) is 1.50. The summed E-state index contributed by atoms with van der Waals surface area (Å²) in [6.45, 7) is 8.12. The molecular formula is C18H23ClN4O2S. The van der Waals surface area contributed by atoms with E-state index in [-0.39, 0.29) is 6.09 Å². The fraction of sp³-hybridized carbons (Fsp3) is 0.444. The Morgan fingerprint density at radius 2 is 2.27 bits per heavy atom. The van der Waals surface area contributed by atoms with Crippen molar-refractivity contribution in [3.63, 3.8) is 0 Å². The summed E-state index contributed by atoms with van der Waals surface area (Å²) in [5, 5.41) is 6.77. The van der Waals surface area contributed by atoms with Crippen LogP contribution >= 0.6 is 22.9 Å². The molecule has 2 heterocycles. The standard InChI is InChI=1S/C18H23ClN4O2S/c1-18(2,3)25-17(24)23-7-6-20-15-8-13(5-4-12(15)11-23)21-9-14-10-22-16(19)26-14/h4-5,8,10,20-21H,6-7,9,11H2,1-3H3. The Morgan fingerprint density at radius 1 is 1.46 bits per heavy atom. The van der Waals surface area contributed by atoms with Gasteiger partial charge >= 0.3 is 6.09 Å². The third-order valence-corrected chi connectivity index (χ3v) is 4.93. The Hall–Kier alpha value is -1.99. The van der Waals surface area contributed by atoms with Gasteiger partial charge in [0.2, 0.25) is 0 Å². The Balaban J connectivity index is 1.66. The van der Waals surface area contributed by atoms with Crippen LogP contribution in [0.1, 0.15) is 31.2 Å². The smallest absolute Gasteiger partial charge is 0.410 e. The van der Waals surface area contributed by atoms with E-state index in [1.807, 2.05) is 32.9 Å². The molecule has 0 fully saturated rings. The van der Waals surface area contributed by atoms with Crippen LogP contribution in [0.2, 0.25) is 4.47 Å². The first-order valence-electron chi connectivity index (χ1n) is 8.49. The maximum absolute atomic E-state index is 12.4. The molecule has 0 spiro atoms. The van der Waals surface area contributed by atoms with Crippen LogP contribution in [0, 0.1) is 0 Å². The summed E-state index contributed by atoms with van der Waals surface area (Å²) in [5.41, 5.74) is 2.61. The summed E-state index contributed by atoms with van der Waals surface area (Å²) in [6, 6.07) is 6.12. The summed E-state index contributed by atoms with van der Waals surface area (Å²) in [4.78, 5) is 19.2. The second kappa shape index (κ2) is 7.72. The van der Waals surface area contributed by atoms with E-state index < -0.39 is 5.60 Å². The van der Waals surface area contributed by atoms with Gasteiger partial charge in [-0.1, -0.05) is 17.7 Å². The first-order chi connectivity index (χ1) is 12.3. The minimum Gasteiger partial charge on any atom is -0.444 e. The quantitative estimate of drug-likeness (QED) is 0.798. The predicted octanol–water partition coefficient (Wildman–Crippen LogP) is 4.57. The van der Waals surface area contributed by atoms with E-state index in [0.29, 0.717) is 30.6 Å². The molecule has 0 saturated heterocycles. The lowest BCUT2D eigenvalue weighted by molar-refractivity contribution is 0.0245. The van der Waals surface area contributed by atoms with Crippen molar-refractivity contribution >= 4 is 40.4 Å². The van der Waals surface area contributed by atoms with Crippen LogP contribution in [0.5, 0.6) is 0 Å². The zero-order valence-electron chi connectivity index (χ0n) is 15.1. The highest BCUT2D eigenvalue weighted by atomic mass is 35.5. The number of benzene rings is 1. The van der Waals surface area contributed by atoms with Gasteiger partial charge in [0, 0.05) is 35.5 Å². The lowest BCUT2D eigenvalue weighted by Gasteiger charge is -2.26. The van der Waals surface area contributed by atoms with Crippen molar-refractivity contribution in [1.29, 1.82) is 0 Å². The van der Waals surface area contributed by atoms with Gasteiger partial charge in [-0.2, -0.15) is 0 Å². The first kappa shape index (κ1) is 18.8. The number of halogens is 1. The van der Waals surface area contributed by atoms with E-state index >= 15 is 0 Å². The Labute approximate surface area is 162 Å². The molecule has 140 valence electrons. The van der Waals surface area contributed by atoms with Gasteiger partial charge in [-0.25, -0.2) is 9.78 Å². The molecule has 0 unspecified atom stereocenters. The molecule has 3 rings (SSSR count). The SMILES string of the molecule is CC(C)(C)OC(=O)N1CCNc2cc(NCc3cnc(Cl)s3)ccc2C1. The lowest BCUT2D eigenvalue weighted by atomic mass is 10.1. The number of nitrogens with zero attached hydrogens (tertiary/aromatic N) is 2. The van der Waals surface area contributed by atoms with E-state index in [0.717, 1.165) is 21.8 Å². The molecule has 1 amide bonds. The number of carbonyl (C=O) groups excluding carboxylic acids is 1. The van der Waals surface area contributed by atoms with Crippen molar-refractivity contribution in [3.8, 4) is 0 Å². The number of nitrogens with one attached hydrogen (secondary N) is 2. The normalized spacial score (nSPS) is 14.2. The molecule has 2 aromatic rings. The van der Waals surface area contributed by atoms with Crippen LogP contribution < -0.4 is 10.6 Å². The second-order valence-corrected chi connectivity index (χ2v) is 8.83. The molecule has 0 saturated carbocycles. The Kier molecular flexibility index (Phi) is 5.58. The summed E-state index contributed by atoms with van der Waals surface area (Å²) < 4.78 is 6.04.